The summed E-state index contributed by atoms with van der Waals surface area (Å²) < 4.78 is 0. The molecular weight excluding hydrogens is 208 g/mol. The van der Waals surface area contributed by atoms with Crippen molar-refractivity contribution >= 4 is 0 Å². The minimum atomic E-state index is 0.752. The first kappa shape index (κ1) is 13.4. The molecular formula is C15H30N2. The van der Waals surface area contributed by atoms with E-state index in [0.717, 1.165) is 30.5 Å². The number of hydrogen-bond donors (Lipinski definition) is 1. The molecule has 3 atom stereocenters. The highest BCUT2D eigenvalue weighted by atomic mass is 15.2. The van der Waals surface area contributed by atoms with Gasteiger partial charge >= 0.3 is 0 Å². The van der Waals surface area contributed by atoms with Gasteiger partial charge in [-0.2, -0.15) is 0 Å². The van der Waals surface area contributed by atoms with Gasteiger partial charge in [0.15, 0.2) is 0 Å². The average molecular weight is 238 g/mol. The molecule has 2 rings (SSSR count). The van der Waals surface area contributed by atoms with E-state index >= 15 is 0 Å². The second-order valence-electron chi connectivity index (χ2n) is 6.37. The van der Waals surface area contributed by atoms with Crippen molar-refractivity contribution in [2.75, 3.05) is 20.1 Å². The van der Waals surface area contributed by atoms with Gasteiger partial charge in [-0.25, -0.2) is 0 Å². The van der Waals surface area contributed by atoms with Crippen LogP contribution >= 0.6 is 0 Å². The molecule has 0 aromatic rings. The number of likely N-dealkylation sites (N-methyl/N-ethyl adjacent to an activating group) is 2. The molecule has 0 aliphatic heterocycles. The average Bonchev–Trinajstić information content (AvgIpc) is 3.12. The molecule has 17 heavy (non-hydrogen) atoms. The molecule has 2 nitrogen and oxygen atoms in total. The highest BCUT2D eigenvalue weighted by Crippen LogP contribution is 2.34. The first-order valence-corrected chi connectivity index (χ1v) is 7.64. The highest BCUT2D eigenvalue weighted by molar-refractivity contribution is 4.89. The Morgan fingerprint density at radius 2 is 2.00 bits per heavy atom. The molecule has 0 aromatic heterocycles. The van der Waals surface area contributed by atoms with E-state index in [-0.39, 0.29) is 0 Å². The molecule has 0 aromatic carbocycles. The second-order valence-corrected chi connectivity index (χ2v) is 6.37. The molecule has 0 radical (unpaired) electrons. The highest BCUT2D eigenvalue weighted by Gasteiger charge is 2.32. The van der Waals surface area contributed by atoms with Crippen molar-refractivity contribution < 1.29 is 0 Å². The molecule has 2 heteroatoms. The maximum absolute atomic E-state index is 3.68. The van der Waals surface area contributed by atoms with Crippen LogP contribution < -0.4 is 5.32 Å². The predicted molar refractivity (Wildman–Crippen MR) is 74.2 cm³/mol. The van der Waals surface area contributed by atoms with Crippen LogP contribution in [0, 0.1) is 11.8 Å². The van der Waals surface area contributed by atoms with Gasteiger partial charge in [0.25, 0.3) is 0 Å². The Hall–Kier alpha value is -0.0800. The van der Waals surface area contributed by atoms with Crippen molar-refractivity contribution in [1.82, 2.24) is 10.2 Å². The Kier molecular flexibility index (Phi) is 4.87. The predicted octanol–water partition coefficient (Wildman–Crippen LogP) is 2.89. The van der Waals surface area contributed by atoms with Crippen LogP contribution in [0.1, 0.15) is 52.4 Å². The van der Waals surface area contributed by atoms with E-state index in [1.54, 1.807) is 0 Å². The summed E-state index contributed by atoms with van der Waals surface area (Å²) in [7, 11) is 2.34. The van der Waals surface area contributed by atoms with Crippen LogP contribution in [0.25, 0.3) is 0 Å². The Morgan fingerprint density at radius 3 is 2.59 bits per heavy atom. The van der Waals surface area contributed by atoms with Crippen LogP contribution in [0.4, 0.5) is 0 Å². The lowest BCUT2D eigenvalue weighted by molar-refractivity contribution is 0.146. The summed E-state index contributed by atoms with van der Waals surface area (Å²) >= 11 is 0. The molecule has 0 spiro atoms. The molecule has 1 N–H and O–H groups in total. The fourth-order valence-electron chi connectivity index (χ4n) is 3.40. The van der Waals surface area contributed by atoms with Gasteiger partial charge in [0.1, 0.15) is 0 Å². The molecule has 0 saturated heterocycles. The first-order valence-electron chi connectivity index (χ1n) is 7.64. The number of rotatable bonds is 6. The first-order chi connectivity index (χ1) is 8.20. The summed E-state index contributed by atoms with van der Waals surface area (Å²) in [6.45, 7) is 7.03. The lowest BCUT2D eigenvalue weighted by Crippen LogP contribution is -2.45. The van der Waals surface area contributed by atoms with E-state index in [1.807, 2.05) is 0 Å². The zero-order valence-electron chi connectivity index (χ0n) is 11.9. The lowest BCUT2D eigenvalue weighted by atomic mass is 9.86. The summed E-state index contributed by atoms with van der Waals surface area (Å²) in [5.41, 5.74) is 0. The molecule has 2 fully saturated rings. The van der Waals surface area contributed by atoms with Gasteiger partial charge in [-0.1, -0.05) is 26.7 Å². The smallest absolute Gasteiger partial charge is 0.0223 e. The molecule has 100 valence electrons. The van der Waals surface area contributed by atoms with Gasteiger partial charge in [-0.05, 0) is 51.1 Å². The molecule has 0 bridgehead atoms. The van der Waals surface area contributed by atoms with Crippen LogP contribution in [0.5, 0.6) is 0 Å². The molecule has 3 unspecified atom stereocenters. The fraction of sp³-hybridized carbons (Fsp3) is 1.00. The Morgan fingerprint density at radius 1 is 1.24 bits per heavy atom. The fourth-order valence-corrected chi connectivity index (χ4v) is 3.40. The van der Waals surface area contributed by atoms with E-state index in [1.165, 1.54) is 45.1 Å². The Balaban J connectivity index is 1.79. The lowest BCUT2D eigenvalue weighted by Gasteiger charge is -2.36. The summed E-state index contributed by atoms with van der Waals surface area (Å²) in [6, 6.07) is 1.60. The molecule has 2 aliphatic carbocycles. The minimum absolute atomic E-state index is 0.752. The monoisotopic (exact) mass is 238 g/mol. The van der Waals surface area contributed by atoms with E-state index in [2.05, 4.69) is 31.1 Å². The standard InChI is InChI=1S/C15H30N2/c1-4-16-15(13-8-9-13)11-17(3)14-7-5-6-12(2)10-14/h12-16H,4-11H2,1-3H3. The van der Waals surface area contributed by atoms with E-state index in [4.69, 9.17) is 0 Å². The van der Waals surface area contributed by atoms with Gasteiger partial charge in [0.2, 0.25) is 0 Å². The molecule has 2 saturated carbocycles. The van der Waals surface area contributed by atoms with Gasteiger partial charge in [0.05, 0.1) is 0 Å². The van der Waals surface area contributed by atoms with Crippen molar-refractivity contribution in [2.24, 2.45) is 11.8 Å². The van der Waals surface area contributed by atoms with Crippen molar-refractivity contribution in [3.05, 3.63) is 0 Å². The number of nitrogens with one attached hydrogen (secondary N) is 1. The Bertz CT molecular complexity index is 225. The molecule has 0 heterocycles. The van der Waals surface area contributed by atoms with Gasteiger partial charge in [-0.3, -0.25) is 0 Å². The van der Waals surface area contributed by atoms with Crippen molar-refractivity contribution in [3.63, 3.8) is 0 Å². The largest absolute Gasteiger partial charge is 0.313 e. The van der Waals surface area contributed by atoms with E-state index in [9.17, 15) is 0 Å². The molecule has 2 aliphatic rings. The number of hydrogen-bond acceptors (Lipinski definition) is 2. The summed E-state index contributed by atoms with van der Waals surface area (Å²) in [4.78, 5) is 2.64. The summed E-state index contributed by atoms with van der Waals surface area (Å²) in [5.74, 6) is 1.91. The zero-order valence-corrected chi connectivity index (χ0v) is 11.9. The van der Waals surface area contributed by atoms with E-state index in [0.29, 0.717) is 0 Å². The normalized spacial score (nSPS) is 31.8. The van der Waals surface area contributed by atoms with Crippen LogP contribution in [0.2, 0.25) is 0 Å². The van der Waals surface area contributed by atoms with Gasteiger partial charge in [0, 0.05) is 18.6 Å². The van der Waals surface area contributed by atoms with Gasteiger partial charge in [-0.15, -0.1) is 0 Å². The van der Waals surface area contributed by atoms with Crippen LogP contribution in [-0.4, -0.2) is 37.1 Å². The topological polar surface area (TPSA) is 15.3 Å². The summed E-state index contributed by atoms with van der Waals surface area (Å²) in [5, 5.41) is 3.68. The van der Waals surface area contributed by atoms with Crippen LogP contribution in [0.15, 0.2) is 0 Å². The zero-order chi connectivity index (χ0) is 12.3. The maximum atomic E-state index is 3.68. The summed E-state index contributed by atoms with van der Waals surface area (Å²) in [6.07, 6.45) is 8.62. The molecule has 0 amide bonds. The third-order valence-corrected chi connectivity index (χ3v) is 4.67. The quantitative estimate of drug-likeness (QED) is 0.765. The van der Waals surface area contributed by atoms with Crippen molar-refractivity contribution in [3.8, 4) is 0 Å². The SMILES string of the molecule is CCNC(CN(C)C1CCCC(C)C1)C1CC1. The second kappa shape index (κ2) is 6.19. The number of nitrogens with zero attached hydrogens (tertiary/aromatic N) is 1. The minimum Gasteiger partial charge on any atom is -0.313 e. The van der Waals surface area contributed by atoms with E-state index < -0.39 is 0 Å². The van der Waals surface area contributed by atoms with Crippen LogP contribution in [-0.2, 0) is 0 Å². The van der Waals surface area contributed by atoms with Crippen LogP contribution in [0.3, 0.4) is 0 Å². The maximum Gasteiger partial charge on any atom is 0.0223 e. The third kappa shape index (κ3) is 3.96. The third-order valence-electron chi connectivity index (χ3n) is 4.67. The van der Waals surface area contributed by atoms with Crippen molar-refractivity contribution in [1.29, 1.82) is 0 Å². The van der Waals surface area contributed by atoms with Crippen molar-refractivity contribution in [2.45, 2.75) is 64.5 Å². The van der Waals surface area contributed by atoms with Gasteiger partial charge < -0.3 is 10.2 Å². The Labute approximate surface area is 107 Å².